The summed E-state index contributed by atoms with van der Waals surface area (Å²) in [5, 5.41) is 0. The molecule has 0 amide bonds. The van der Waals surface area contributed by atoms with Crippen molar-refractivity contribution in [1.29, 1.82) is 0 Å². The van der Waals surface area contributed by atoms with Crippen molar-refractivity contribution in [3.8, 4) is 5.75 Å². The van der Waals surface area contributed by atoms with Crippen LogP contribution in [-0.4, -0.2) is 0 Å². The van der Waals surface area contributed by atoms with E-state index in [-0.39, 0.29) is 0 Å². The minimum Gasteiger partial charge on any atom is -0.489 e. The highest BCUT2D eigenvalue weighted by molar-refractivity contribution is 5.45. The molecule has 0 N–H and O–H groups in total. The van der Waals surface area contributed by atoms with Crippen molar-refractivity contribution in [2.45, 2.75) is 86.2 Å². The maximum atomic E-state index is 6.36. The van der Waals surface area contributed by atoms with Gasteiger partial charge in [0.2, 0.25) is 0 Å². The lowest BCUT2D eigenvalue weighted by molar-refractivity contribution is 0.303. The number of allylic oxidation sites excluding steroid dienone is 4. The molecule has 0 unspecified atom stereocenters. The van der Waals surface area contributed by atoms with Crippen LogP contribution in [-0.2, 0) is 19.4 Å². The summed E-state index contributed by atoms with van der Waals surface area (Å²) in [7, 11) is 0. The van der Waals surface area contributed by atoms with E-state index in [1.807, 2.05) is 0 Å². The Hall–Kier alpha value is -2.28. The average molecular weight is 405 g/mol. The third kappa shape index (κ3) is 8.61. The van der Waals surface area contributed by atoms with E-state index in [9.17, 15) is 0 Å². The number of hydrogen-bond donors (Lipinski definition) is 0. The summed E-state index contributed by atoms with van der Waals surface area (Å²) in [6.07, 6.45) is 12.8. The fourth-order valence-electron chi connectivity index (χ4n) is 3.67. The van der Waals surface area contributed by atoms with E-state index in [2.05, 4.69) is 89.2 Å². The minimum atomic E-state index is 0.620. The normalized spacial score (nSPS) is 11.4. The van der Waals surface area contributed by atoms with Gasteiger partial charge in [-0.1, -0.05) is 79.5 Å². The van der Waals surface area contributed by atoms with Crippen LogP contribution in [0.5, 0.6) is 5.75 Å². The van der Waals surface area contributed by atoms with Gasteiger partial charge in [-0.3, -0.25) is 0 Å². The van der Waals surface area contributed by atoms with Gasteiger partial charge in [0.05, 0.1) is 0 Å². The second-order valence-electron chi connectivity index (χ2n) is 8.70. The molecular formula is C29H40O. The molecule has 0 heterocycles. The van der Waals surface area contributed by atoms with Gasteiger partial charge in [-0.25, -0.2) is 0 Å². The molecule has 0 saturated heterocycles. The summed E-state index contributed by atoms with van der Waals surface area (Å²) in [6.45, 7) is 11.7. The van der Waals surface area contributed by atoms with Crippen LogP contribution in [0, 0.1) is 6.92 Å². The molecule has 1 heteroatoms. The largest absolute Gasteiger partial charge is 0.489 e. The Labute approximate surface area is 184 Å². The molecule has 0 bridgehead atoms. The molecule has 0 aliphatic rings. The average Bonchev–Trinajstić information content (AvgIpc) is 2.72. The summed E-state index contributed by atoms with van der Waals surface area (Å²) in [6, 6.07) is 15.1. The first-order valence-corrected chi connectivity index (χ1v) is 11.6. The van der Waals surface area contributed by atoms with Gasteiger partial charge in [-0.05, 0) is 82.6 Å². The predicted molar refractivity (Wildman–Crippen MR) is 131 cm³/mol. The van der Waals surface area contributed by atoms with Gasteiger partial charge in [0.15, 0.2) is 0 Å². The summed E-state index contributed by atoms with van der Waals surface area (Å²) < 4.78 is 6.36. The van der Waals surface area contributed by atoms with E-state index in [1.54, 1.807) is 0 Å². The van der Waals surface area contributed by atoms with Gasteiger partial charge >= 0.3 is 0 Å². The molecule has 30 heavy (non-hydrogen) atoms. The topological polar surface area (TPSA) is 9.23 Å². The molecule has 0 aliphatic heterocycles. The lowest BCUT2D eigenvalue weighted by Crippen LogP contribution is -2.02. The third-order valence-electron chi connectivity index (χ3n) is 5.54. The molecular weight excluding hydrogens is 364 g/mol. The molecule has 0 aromatic heterocycles. The SMILES string of the molecule is CCCCCc1cc(C)c(C/C=C(\C)CCC=C(C)C)c(OCc2ccccc2)c1. The molecule has 2 rings (SSSR count). The highest BCUT2D eigenvalue weighted by Gasteiger charge is 2.10. The van der Waals surface area contributed by atoms with Gasteiger partial charge in [-0.2, -0.15) is 0 Å². The highest BCUT2D eigenvalue weighted by Crippen LogP contribution is 2.28. The first-order chi connectivity index (χ1) is 14.5. The Bertz CT molecular complexity index is 823. The van der Waals surface area contributed by atoms with Crippen LogP contribution in [0.25, 0.3) is 0 Å². The quantitative estimate of drug-likeness (QED) is 0.254. The molecule has 0 radical (unpaired) electrons. The monoisotopic (exact) mass is 404 g/mol. The van der Waals surface area contributed by atoms with Crippen LogP contribution in [0.2, 0.25) is 0 Å². The van der Waals surface area contributed by atoms with Crippen LogP contribution < -0.4 is 4.74 Å². The molecule has 0 spiro atoms. The van der Waals surface area contributed by atoms with E-state index in [0.717, 1.165) is 31.4 Å². The lowest BCUT2D eigenvalue weighted by atomic mass is 9.97. The van der Waals surface area contributed by atoms with Crippen molar-refractivity contribution in [3.05, 3.63) is 88.0 Å². The van der Waals surface area contributed by atoms with Crippen molar-refractivity contribution >= 4 is 0 Å². The van der Waals surface area contributed by atoms with Crippen LogP contribution in [0.15, 0.2) is 65.8 Å². The van der Waals surface area contributed by atoms with E-state index >= 15 is 0 Å². The van der Waals surface area contributed by atoms with E-state index in [0.29, 0.717) is 6.61 Å². The fraction of sp³-hybridized carbons (Fsp3) is 0.448. The molecule has 0 fully saturated rings. The standard InChI is InChI=1S/C29H40O/c1-6-7-9-17-27-20-25(5)28(19-18-24(4)14-12-13-23(2)3)29(21-27)30-22-26-15-10-8-11-16-26/h8,10-11,13,15-16,18,20-21H,6-7,9,12,14,17,19,22H2,1-5H3/b24-18+. The molecule has 2 aromatic carbocycles. The number of rotatable bonds is 12. The highest BCUT2D eigenvalue weighted by atomic mass is 16.5. The summed E-state index contributed by atoms with van der Waals surface area (Å²) in [5.41, 5.74) is 8.14. The Balaban J connectivity index is 2.17. The van der Waals surface area contributed by atoms with Crippen molar-refractivity contribution < 1.29 is 4.74 Å². The maximum Gasteiger partial charge on any atom is 0.123 e. The van der Waals surface area contributed by atoms with Gasteiger partial charge in [-0.15, -0.1) is 0 Å². The molecule has 0 aliphatic carbocycles. The maximum absolute atomic E-state index is 6.36. The Morgan fingerprint density at radius 2 is 1.70 bits per heavy atom. The second kappa shape index (κ2) is 13.1. The Kier molecular flexibility index (Phi) is 10.5. The Morgan fingerprint density at radius 3 is 2.40 bits per heavy atom. The third-order valence-corrected chi connectivity index (χ3v) is 5.54. The lowest BCUT2D eigenvalue weighted by Gasteiger charge is -2.16. The summed E-state index contributed by atoms with van der Waals surface area (Å²) in [4.78, 5) is 0. The zero-order chi connectivity index (χ0) is 21.8. The number of ether oxygens (including phenoxy) is 1. The summed E-state index contributed by atoms with van der Waals surface area (Å²) >= 11 is 0. The van der Waals surface area contributed by atoms with Crippen LogP contribution >= 0.6 is 0 Å². The van der Waals surface area contributed by atoms with Crippen LogP contribution in [0.1, 0.15) is 82.1 Å². The van der Waals surface area contributed by atoms with E-state index in [4.69, 9.17) is 4.74 Å². The minimum absolute atomic E-state index is 0.620. The molecule has 2 aromatic rings. The zero-order valence-electron chi connectivity index (χ0n) is 19.8. The second-order valence-corrected chi connectivity index (χ2v) is 8.70. The Morgan fingerprint density at radius 1 is 0.933 bits per heavy atom. The molecule has 0 saturated carbocycles. The van der Waals surface area contributed by atoms with Gasteiger partial charge in [0.1, 0.15) is 12.4 Å². The molecule has 0 atom stereocenters. The first-order valence-electron chi connectivity index (χ1n) is 11.6. The van der Waals surface area contributed by atoms with Gasteiger partial charge < -0.3 is 4.74 Å². The van der Waals surface area contributed by atoms with Crippen molar-refractivity contribution in [1.82, 2.24) is 0 Å². The number of benzene rings is 2. The number of unbranched alkanes of at least 4 members (excludes halogenated alkanes) is 2. The molecule has 162 valence electrons. The zero-order valence-corrected chi connectivity index (χ0v) is 19.8. The van der Waals surface area contributed by atoms with Crippen molar-refractivity contribution in [2.75, 3.05) is 0 Å². The van der Waals surface area contributed by atoms with Crippen molar-refractivity contribution in [2.24, 2.45) is 0 Å². The fourth-order valence-corrected chi connectivity index (χ4v) is 3.67. The van der Waals surface area contributed by atoms with Crippen molar-refractivity contribution in [3.63, 3.8) is 0 Å². The molecule has 1 nitrogen and oxygen atoms in total. The summed E-state index contributed by atoms with van der Waals surface area (Å²) in [5.74, 6) is 1.05. The van der Waals surface area contributed by atoms with Gasteiger partial charge in [0, 0.05) is 5.56 Å². The predicted octanol–water partition coefficient (Wildman–Crippen LogP) is 8.54. The van der Waals surface area contributed by atoms with Crippen LogP contribution in [0.4, 0.5) is 0 Å². The van der Waals surface area contributed by atoms with E-state index < -0.39 is 0 Å². The van der Waals surface area contributed by atoms with Crippen LogP contribution in [0.3, 0.4) is 0 Å². The van der Waals surface area contributed by atoms with Gasteiger partial charge in [0.25, 0.3) is 0 Å². The van der Waals surface area contributed by atoms with E-state index in [1.165, 1.54) is 52.7 Å². The number of hydrogen-bond acceptors (Lipinski definition) is 1. The first kappa shape index (κ1) is 24.0. The number of aryl methyl sites for hydroxylation is 2. The smallest absolute Gasteiger partial charge is 0.123 e.